The highest BCUT2D eigenvalue weighted by molar-refractivity contribution is 7.89. The van der Waals surface area contributed by atoms with Gasteiger partial charge in [0, 0.05) is 18.8 Å². The molecule has 1 N–H and O–H groups in total. The van der Waals surface area contributed by atoms with Crippen LogP contribution >= 0.6 is 11.6 Å². The molecule has 114 valence electrons. The van der Waals surface area contributed by atoms with Crippen LogP contribution in [0.4, 0.5) is 13.2 Å². The molecule has 0 radical (unpaired) electrons. The Morgan fingerprint density at radius 2 is 1.85 bits per heavy atom. The molecule has 0 amide bonds. The number of halogens is 4. The van der Waals surface area contributed by atoms with Crippen LogP contribution in [0.3, 0.4) is 0 Å². The van der Waals surface area contributed by atoms with Crippen molar-refractivity contribution in [2.45, 2.75) is 31.4 Å². The van der Waals surface area contributed by atoms with Gasteiger partial charge in [0.2, 0.25) is 10.0 Å². The van der Waals surface area contributed by atoms with Crippen LogP contribution < -0.4 is 4.72 Å². The normalized spacial score (nSPS) is 12.6. The minimum atomic E-state index is -4.33. The molecule has 8 heteroatoms. The Balaban J connectivity index is 2.46. The van der Waals surface area contributed by atoms with Crippen molar-refractivity contribution in [3.8, 4) is 0 Å². The molecule has 0 aliphatic carbocycles. The van der Waals surface area contributed by atoms with E-state index in [1.807, 2.05) is 0 Å². The zero-order valence-electron chi connectivity index (χ0n) is 10.6. The molecule has 0 heterocycles. The summed E-state index contributed by atoms with van der Waals surface area (Å²) < 4.78 is 61.2. The van der Waals surface area contributed by atoms with Gasteiger partial charge in [-0.05, 0) is 17.5 Å². The number of nitrogens with one attached hydrogen (secondary N) is 1. The van der Waals surface area contributed by atoms with E-state index < -0.39 is 34.8 Å². The van der Waals surface area contributed by atoms with Crippen molar-refractivity contribution in [1.82, 2.24) is 4.72 Å². The van der Waals surface area contributed by atoms with Gasteiger partial charge < -0.3 is 0 Å². The van der Waals surface area contributed by atoms with E-state index in [1.54, 1.807) is 24.3 Å². The molecular weight excluding hydrogens is 315 g/mol. The highest BCUT2D eigenvalue weighted by Crippen LogP contribution is 2.21. The van der Waals surface area contributed by atoms with Gasteiger partial charge in [-0.2, -0.15) is 13.2 Å². The molecule has 0 saturated carbocycles. The summed E-state index contributed by atoms with van der Waals surface area (Å²) in [4.78, 5) is 0. The van der Waals surface area contributed by atoms with Crippen LogP contribution in [-0.4, -0.2) is 20.3 Å². The first kappa shape index (κ1) is 17.3. The minimum Gasteiger partial charge on any atom is -0.212 e. The summed E-state index contributed by atoms with van der Waals surface area (Å²) in [7, 11) is -3.70. The molecule has 1 aromatic rings. The second kappa shape index (κ2) is 7.28. The first-order valence-electron chi connectivity index (χ1n) is 5.90. The predicted molar refractivity (Wildman–Crippen MR) is 71.9 cm³/mol. The average Bonchev–Trinajstić information content (AvgIpc) is 2.35. The monoisotopic (exact) mass is 329 g/mol. The van der Waals surface area contributed by atoms with Gasteiger partial charge >= 0.3 is 6.18 Å². The third-order valence-electron chi connectivity index (χ3n) is 2.52. The number of benzene rings is 1. The summed E-state index contributed by atoms with van der Waals surface area (Å²) in [6, 6.07) is 7.00. The number of hydrogen-bond donors (Lipinski definition) is 1. The van der Waals surface area contributed by atoms with Gasteiger partial charge in [-0.1, -0.05) is 24.3 Å². The molecule has 0 bridgehead atoms. The van der Waals surface area contributed by atoms with Gasteiger partial charge in [0.1, 0.15) is 0 Å². The van der Waals surface area contributed by atoms with Gasteiger partial charge in [0.15, 0.2) is 0 Å². The van der Waals surface area contributed by atoms with Crippen LogP contribution in [0.5, 0.6) is 0 Å². The molecule has 0 saturated heterocycles. The van der Waals surface area contributed by atoms with Gasteiger partial charge in [0.05, 0.1) is 5.75 Å². The van der Waals surface area contributed by atoms with Crippen molar-refractivity contribution in [3.05, 3.63) is 35.4 Å². The molecule has 20 heavy (non-hydrogen) atoms. The largest absolute Gasteiger partial charge is 0.389 e. The SMILES string of the molecule is O=S(=O)(CCCC(F)(F)F)NCc1cccc(CCl)c1. The number of rotatable bonds is 7. The van der Waals surface area contributed by atoms with E-state index in [-0.39, 0.29) is 6.54 Å². The van der Waals surface area contributed by atoms with E-state index in [9.17, 15) is 21.6 Å². The van der Waals surface area contributed by atoms with Gasteiger partial charge in [-0.15, -0.1) is 11.6 Å². The molecule has 0 aliphatic heterocycles. The van der Waals surface area contributed by atoms with Crippen LogP contribution in [0.25, 0.3) is 0 Å². The van der Waals surface area contributed by atoms with Crippen LogP contribution in [-0.2, 0) is 22.4 Å². The molecule has 0 aromatic heterocycles. The summed E-state index contributed by atoms with van der Waals surface area (Å²) in [5.74, 6) is -0.228. The predicted octanol–water partition coefficient (Wildman–Crippen LogP) is 3.19. The van der Waals surface area contributed by atoms with Gasteiger partial charge in [-0.3, -0.25) is 0 Å². The van der Waals surface area contributed by atoms with Crippen LogP contribution in [0.15, 0.2) is 24.3 Å². The lowest BCUT2D eigenvalue weighted by Gasteiger charge is -2.09. The topological polar surface area (TPSA) is 46.2 Å². The Bertz CT molecular complexity index is 532. The van der Waals surface area contributed by atoms with E-state index in [0.29, 0.717) is 11.4 Å². The fourth-order valence-corrected chi connectivity index (χ4v) is 2.77. The third kappa shape index (κ3) is 7.12. The minimum absolute atomic E-state index is 0.0408. The summed E-state index contributed by atoms with van der Waals surface area (Å²) in [5, 5.41) is 0. The number of sulfonamides is 1. The summed E-state index contributed by atoms with van der Waals surface area (Å²) >= 11 is 5.66. The zero-order chi connectivity index (χ0) is 15.2. The second-order valence-corrected chi connectivity index (χ2v) is 6.51. The van der Waals surface area contributed by atoms with Gasteiger partial charge in [0.25, 0.3) is 0 Å². The Kier molecular flexibility index (Phi) is 6.29. The molecule has 0 spiro atoms. The van der Waals surface area contributed by atoms with Crippen molar-refractivity contribution in [2.75, 3.05) is 5.75 Å². The van der Waals surface area contributed by atoms with Crippen molar-refractivity contribution >= 4 is 21.6 Å². The Morgan fingerprint density at radius 1 is 1.20 bits per heavy atom. The third-order valence-corrected chi connectivity index (χ3v) is 4.23. The van der Waals surface area contributed by atoms with E-state index in [1.165, 1.54) is 0 Å². The van der Waals surface area contributed by atoms with Crippen molar-refractivity contribution in [3.63, 3.8) is 0 Å². The Labute approximate surface area is 121 Å². The lowest BCUT2D eigenvalue weighted by Crippen LogP contribution is -2.26. The van der Waals surface area contributed by atoms with Crippen LogP contribution in [0.1, 0.15) is 24.0 Å². The van der Waals surface area contributed by atoms with Crippen molar-refractivity contribution in [2.24, 2.45) is 0 Å². The van der Waals surface area contributed by atoms with E-state index in [4.69, 9.17) is 11.6 Å². The van der Waals surface area contributed by atoms with Crippen LogP contribution in [0.2, 0.25) is 0 Å². The molecule has 0 atom stereocenters. The summed E-state index contributed by atoms with van der Waals surface area (Å²) in [6.45, 7) is 0.0408. The maximum absolute atomic E-state index is 11.9. The zero-order valence-corrected chi connectivity index (χ0v) is 12.2. The van der Waals surface area contributed by atoms with E-state index >= 15 is 0 Å². The average molecular weight is 330 g/mol. The molecule has 0 aliphatic rings. The molecule has 0 unspecified atom stereocenters. The van der Waals surface area contributed by atoms with Crippen molar-refractivity contribution < 1.29 is 21.6 Å². The Hall–Kier alpha value is -0.790. The molecule has 1 aromatic carbocycles. The Morgan fingerprint density at radius 3 is 2.45 bits per heavy atom. The van der Waals surface area contributed by atoms with E-state index in [0.717, 1.165) is 5.56 Å². The molecule has 0 fully saturated rings. The standard InChI is InChI=1S/C12H15ClF3NO2S/c13-8-10-3-1-4-11(7-10)9-17-20(18,19)6-2-5-12(14,15)16/h1,3-4,7,17H,2,5-6,8-9H2. The van der Waals surface area contributed by atoms with Crippen molar-refractivity contribution in [1.29, 1.82) is 0 Å². The molecule has 3 nitrogen and oxygen atoms in total. The summed E-state index contributed by atoms with van der Waals surface area (Å²) in [6.07, 6.45) is -5.87. The first-order valence-corrected chi connectivity index (χ1v) is 8.08. The van der Waals surface area contributed by atoms with E-state index in [2.05, 4.69) is 4.72 Å². The smallest absolute Gasteiger partial charge is 0.212 e. The maximum atomic E-state index is 11.9. The second-order valence-electron chi connectivity index (χ2n) is 4.31. The maximum Gasteiger partial charge on any atom is 0.389 e. The summed E-state index contributed by atoms with van der Waals surface area (Å²) in [5.41, 5.74) is 1.56. The number of alkyl halides is 4. The highest BCUT2D eigenvalue weighted by atomic mass is 35.5. The first-order chi connectivity index (χ1) is 9.22. The quantitative estimate of drug-likeness (QED) is 0.781. The number of hydrogen-bond acceptors (Lipinski definition) is 2. The molecular formula is C12H15ClF3NO2S. The molecule has 1 rings (SSSR count). The fourth-order valence-electron chi connectivity index (χ4n) is 1.55. The lowest BCUT2D eigenvalue weighted by molar-refractivity contribution is -0.134. The fraction of sp³-hybridized carbons (Fsp3) is 0.500. The highest BCUT2D eigenvalue weighted by Gasteiger charge is 2.27. The lowest BCUT2D eigenvalue weighted by atomic mass is 10.1. The van der Waals surface area contributed by atoms with Gasteiger partial charge in [-0.25, -0.2) is 13.1 Å². The van der Waals surface area contributed by atoms with Crippen LogP contribution in [0, 0.1) is 0 Å².